The Labute approximate surface area is 178 Å². The first-order chi connectivity index (χ1) is 14.4. The minimum atomic E-state index is -1.09. The molecule has 158 valence electrons. The van der Waals surface area contributed by atoms with Crippen LogP contribution in [0.3, 0.4) is 0 Å². The molecule has 0 spiro atoms. The zero-order valence-electron chi connectivity index (χ0n) is 16.5. The average Bonchev–Trinajstić information content (AvgIpc) is 2.98. The van der Waals surface area contributed by atoms with E-state index in [0.717, 1.165) is 0 Å². The van der Waals surface area contributed by atoms with Gasteiger partial charge in [-0.25, -0.2) is 4.39 Å². The Morgan fingerprint density at radius 2 is 1.97 bits per heavy atom. The van der Waals surface area contributed by atoms with Crippen LogP contribution in [0, 0.1) is 5.82 Å². The van der Waals surface area contributed by atoms with Gasteiger partial charge < -0.3 is 19.5 Å². The van der Waals surface area contributed by atoms with Gasteiger partial charge in [-0.1, -0.05) is 29.8 Å². The minimum absolute atomic E-state index is 0.0564. The normalized spacial score (nSPS) is 18.1. The van der Waals surface area contributed by atoms with E-state index in [0.29, 0.717) is 12.4 Å². The molecule has 1 aliphatic heterocycles. The zero-order valence-corrected chi connectivity index (χ0v) is 17.3. The number of hydrogen-bond acceptors (Lipinski definition) is 5. The molecule has 6 nitrogen and oxygen atoms in total. The van der Waals surface area contributed by atoms with Gasteiger partial charge in [-0.2, -0.15) is 0 Å². The smallest absolute Gasteiger partial charge is 0.295 e. The van der Waals surface area contributed by atoms with Gasteiger partial charge in [0.25, 0.3) is 11.7 Å². The van der Waals surface area contributed by atoms with E-state index in [9.17, 15) is 19.1 Å². The van der Waals surface area contributed by atoms with Crippen LogP contribution in [0.2, 0.25) is 5.02 Å². The molecule has 1 amide bonds. The highest BCUT2D eigenvalue weighted by Crippen LogP contribution is 2.40. The summed E-state index contributed by atoms with van der Waals surface area (Å²) in [5.41, 5.74) is 0.113. The Morgan fingerprint density at radius 3 is 2.60 bits per heavy atom. The predicted octanol–water partition coefficient (Wildman–Crippen LogP) is 3.95. The molecule has 0 saturated carbocycles. The number of nitrogens with zero attached hydrogens (tertiary/aromatic N) is 1. The summed E-state index contributed by atoms with van der Waals surface area (Å²) in [6.45, 7) is 2.41. The summed E-state index contributed by atoms with van der Waals surface area (Å²) < 4.78 is 25.0. The first kappa shape index (κ1) is 21.8. The van der Waals surface area contributed by atoms with E-state index in [4.69, 9.17) is 21.1 Å². The number of carbonyl (C=O) groups is 2. The molecule has 0 aliphatic carbocycles. The van der Waals surface area contributed by atoms with Gasteiger partial charge in [-0.3, -0.25) is 9.59 Å². The molecule has 0 bridgehead atoms. The molecule has 1 N–H and O–H groups in total. The van der Waals surface area contributed by atoms with Crippen molar-refractivity contribution in [1.82, 2.24) is 4.90 Å². The SMILES string of the molecule is CCOc1ccc(C(O)=C2C(=O)C(=O)N(CCOC)[C@@H]2c2ccccc2F)cc1Cl. The molecule has 1 saturated heterocycles. The van der Waals surface area contributed by atoms with E-state index in [-0.39, 0.29) is 34.9 Å². The third-order valence-electron chi connectivity index (χ3n) is 4.78. The Kier molecular flexibility index (Phi) is 6.74. The van der Waals surface area contributed by atoms with Crippen LogP contribution in [0.25, 0.3) is 5.76 Å². The molecule has 2 aromatic rings. The van der Waals surface area contributed by atoms with Crippen LogP contribution in [0.5, 0.6) is 5.75 Å². The molecule has 0 unspecified atom stereocenters. The van der Waals surface area contributed by atoms with Crippen LogP contribution in [0.15, 0.2) is 48.0 Å². The lowest BCUT2D eigenvalue weighted by Crippen LogP contribution is -2.33. The van der Waals surface area contributed by atoms with Gasteiger partial charge >= 0.3 is 0 Å². The predicted molar refractivity (Wildman–Crippen MR) is 110 cm³/mol. The van der Waals surface area contributed by atoms with Crippen molar-refractivity contribution in [2.24, 2.45) is 0 Å². The van der Waals surface area contributed by atoms with Crippen molar-refractivity contribution in [3.63, 3.8) is 0 Å². The second-order valence-electron chi connectivity index (χ2n) is 6.59. The highest BCUT2D eigenvalue weighted by atomic mass is 35.5. The van der Waals surface area contributed by atoms with Crippen LogP contribution in [0.4, 0.5) is 4.39 Å². The van der Waals surface area contributed by atoms with Crippen molar-refractivity contribution in [2.45, 2.75) is 13.0 Å². The highest BCUT2D eigenvalue weighted by molar-refractivity contribution is 6.46. The van der Waals surface area contributed by atoms with Crippen LogP contribution in [-0.4, -0.2) is 48.6 Å². The fourth-order valence-electron chi connectivity index (χ4n) is 3.40. The second-order valence-corrected chi connectivity index (χ2v) is 6.99. The number of ether oxygens (including phenoxy) is 2. The van der Waals surface area contributed by atoms with Crippen LogP contribution in [0.1, 0.15) is 24.1 Å². The zero-order chi connectivity index (χ0) is 21.8. The molecule has 1 atom stereocenters. The topological polar surface area (TPSA) is 76.1 Å². The van der Waals surface area contributed by atoms with Crippen LogP contribution >= 0.6 is 11.6 Å². The Balaban J connectivity index is 2.16. The number of amides is 1. The lowest BCUT2D eigenvalue weighted by atomic mass is 9.95. The van der Waals surface area contributed by atoms with Crippen molar-refractivity contribution in [3.8, 4) is 5.75 Å². The van der Waals surface area contributed by atoms with Gasteiger partial charge in [0.15, 0.2) is 0 Å². The average molecular weight is 434 g/mol. The maximum Gasteiger partial charge on any atom is 0.295 e. The number of Topliss-reactive ketones (excluding diaryl/α,β-unsaturated/α-hetero) is 1. The van der Waals surface area contributed by atoms with E-state index < -0.39 is 29.3 Å². The Bertz CT molecular complexity index is 1010. The van der Waals surface area contributed by atoms with Crippen molar-refractivity contribution >= 4 is 29.1 Å². The summed E-state index contributed by atoms with van der Waals surface area (Å²) in [6.07, 6.45) is 0. The van der Waals surface area contributed by atoms with E-state index in [1.165, 1.54) is 42.3 Å². The summed E-state index contributed by atoms with van der Waals surface area (Å²) >= 11 is 6.20. The number of rotatable bonds is 7. The lowest BCUT2D eigenvalue weighted by molar-refractivity contribution is -0.140. The molecular weight excluding hydrogens is 413 g/mol. The standard InChI is InChI=1S/C22H21ClFNO5/c1-3-30-17-9-8-13(12-15(17)23)20(26)18-19(14-6-4-5-7-16(14)24)25(10-11-29-2)22(28)21(18)27/h4-9,12,19,26H,3,10-11H2,1-2H3/t19-/m1/s1. The molecule has 1 heterocycles. The first-order valence-corrected chi connectivity index (χ1v) is 9.73. The van der Waals surface area contributed by atoms with Gasteiger partial charge in [0.1, 0.15) is 17.3 Å². The van der Waals surface area contributed by atoms with E-state index in [1.807, 2.05) is 0 Å². The number of methoxy groups -OCH3 is 1. The van der Waals surface area contributed by atoms with E-state index in [1.54, 1.807) is 19.1 Å². The Morgan fingerprint density at radius 1 is 1.23 bits per heavy atom. The van der Waals surface area contributed by atoms with E-state index in [2.05, 4.69) is 0 Å². The number of ketones is 1. The fourth-order valence-corrected chi connectivity index (χ4v) is 3.63. The van der Waals surface area contributed by atoms with Gasteiger partial charge in [-0.05, 0) is 31.2 Å². The van der Waals surface area contributed by atoms with Crippen molar-refractivity contribution in [3.05, 3.63) is 70.0 Å². The maximum atomic E-state index is 14.6. The number of halogens is 2. The maximum absolute atomic E-state index is 14.6. The molecule has 0 radical (unpaired) electrons. The van der Waals surface area contributed by atoms with Gasteiger partial charge in [-0.15, -0.1) is 0 Å². The number of benzene rings is 2. The summed E-state index contributed by atoms with van der Waals surface area (Å²) in [7, 11) is 1.45. The number of aliphatic hydroxyl groups excluding tert-OH is 1. The minimum Gasteiger partial charge on any atom is -0.507 e. The molecule has 1 fully saturated rings. The molecule has 0 aromatic heterocycles. The molecular formula is C22H21ClFNO5. The third-order valence-corrected chi connectivity index (χ3v) is 5.08. The van der Waals surface area contributed by atoms with E-state index >= 15 is 0 Å². The van der Waals surface area contributed by atoms with Crippen molar-refractivity contribution < 1.29 is 28.6 Å². The molecule has 1 aliphatic rings. The molecule has 2 aromatic carbocycles. The molecule has 3 rings (SSSR count). The fraction of sp³-hybridized carbons (Fsp3) is 0.273. The van der Waals surface area contributed by atoms with Crippen molar-refractivity contribution in [1.29, 1.82) is 0 Å². The highest BCUT2D eigenvalue weighted by Gasteiger charge is 2.46. The second kappa shape index (κ2) is 9.28. The number of aliphatic hydroxyl groups is 1. The van der Waals surface area contributed by atoms with Gasteiger partial charge in [0.05, 0.1) is 29.9 Å². The quantitative estimate of drug-likeness (QED) is 0.406. The molecule has 8 heteroatoms. The largest absolute Gasteiger partial charge is 0.507 e. The van der Waals surface area contributed by atoms with Crippen molar-refractivity contribution in [2.75, 3.05) is 26.9 Å². The van der Waals surface area contributed by atoms with Crippen LogP contribution in [-0.2, 0) is 14.3 Å². The van der Waals surface area contributed by atoms with Gasteiger partial charge in [0, 0.05) is 24.8 Å². The third kappa shape index (κ3) is 4.04. The summed E-state index contributed by atoms with van der Waals surface area (Å²) in [6, 6.07) is 9.24. The molecule has 30 heavy (non-hydrogen) atoms. The summed E-state index contributed by atoms with van der Waals surface area (Å²) in [5, 5.41) is 11.2. The Hall–Kier alpha value is -2.90. The van der Waals surface area contributed by atoms with Gasteiger partial charge in [0.2, 0.25) is 0 Å². The lowest BCUT2D eigenvalue weighted by Gasteiger charge is -2.25. The first-order valence-electron chi connectivity index (χ1n) is 9.35. The summed E-state index contributed by atoms with van der Waals surface area (Å²) in [4.78, 5) is 26.7. The monoisotopic (exact) mass is 433 g/mol. The summed E-state index contributed by atoms with van der Waals surface area (Å²) in [5.74, 6) is -2.35. The number of hydrogen-bond donors (Lipinski definition) is 1. The number of likely N-dealkylation sites (tertiary alicyclic amines) is 1. The van der Waals surface area contributed by atoms with Crippen LogP contribution < -0.4 is 4.74 Å². The number of carbonyl (C=O) groups excluding carboxylic acids is 2.